The Labute approximate surface area is 120 Å². The van der Waals surface area contributed by atoms with E-state index >= 15 is 0 Å². The van der Waals surface area contributed by atoms with Crippen molar-refractivity contribution in [2.45, 2.75) is 24.4 Å². The van der Waals surface area contributed by atoms with E-state index in [1.54, 1.807) is 6.20 Å². The Morgan fingerprint density at radius 1 is 1.61 bits per heavy atom. The van der Waals surface area contributed by atoms with Gasteiger partial charge in [-0.1, -0.05) is 6.92 Å². The highest BCUT2D eigenvalue weighted by molar-refractivity contribution is 9.10. The Balaban J connectivity index is 2.67. The van der Waals surface area contributed by atoms with Gasteiger partial charge in [-0.2, -0.15) is 0 Å². The SMILES string of the molecule is CCNC(C)(CSc1ccc(Br)cn1)C(=O)OC. The molecule has 0 radical (unpaired) electrons. The van der Waals surface area contributed by atoms with Gasteiger partial charge >= 0.3 is 5.97 Å². The second-order valence-electron chi connectivity index (χ2n) is 3.96. The molecule has 0 fully saturated rings. The number of carbonyl (C=O) groups excluding carboxylic acids is 1. The van der Waals surface area contributed by atoms with Crippen molar-refractivity contribution < 1.29 is 9.53 Å². The molecule has 1 rings (SSSR count). The number of hydrogen-bond acceptors (Lipinski definition) is 5. The lowest BCUT2D eigenvalue weighted by Crippen LogP contribution is -2.52. The van der Waals surface area contributed by atoms with Gasteiger partial charge < -0.3 is 10.1 Å². The van der Waals surface area contributed by atoms with Gasteiger partial charge in [-0.3, -0.25) is 4.79 Å². The highest BCUT2D eigenvalue weighted by Gasteiger charge is 2.33. The lowest BCUT2D eigenvalue weighted by atomic mass is 10.1. The van der Waals surface area contributed by atoms with Gasteiger partial charge in [0.2, 0.25) is 0 Å². The van der Waals surface area contributed by atoms with E-state index in [0.29, 0.717) is 12.3 Å². The highest BCUT2D eigenvalue weighted by Crippen LogP contribution is 2.22. The standard InChI is InChI=1S/C12H17BrN2O2S/c1-4-15-12(2,11(16)17-3)8-18-10-6-5-9(13)7-14-10/h5-7,15H,4,8H2,1-3H3. The molecule has 0 spiro atoms. The maximum Gasteiger partial charge on any atom is 0.326 e. The first-order chi connectivity index (χ1) is 8.51. The minimum Gasteiger partial charge on any atom is -0.468 e. The molecule has 1 N–H and O–H groups in total. The first-order valence-electron chi connectivity index (χ1n) is 5.59. The normalized spacial score (nSPS) is 14.0. The molecule has 0 aliphatic rings. The van der Waals surface area contributed by atoms with Crippen LogP contribution in [0.4, 0.5) is 0 Å². The minimum absolute atomic E-state index is 0.256. The zero-order valence-corrected chi connectivity index (χ0v) is 13.1. The summed E-state index contributed by atoms with van der Waals surface area (Å²) in [6.45, 7) is 4.51. The molecule has 0 aliphatic carbocycles. The minimum atomic E-state index is -0.692. The molecular formula is C12H17BrN2O2S. The van der Waals surface area contributed by atoms with Gasteiger partial charge in [0, 0.05) is 16.4 Å². The molecule has 0 saturated heterocycles. The lowest BCUT2D eigenvalue weighted by molar-refractivity contribution is -0.146. The molecule has 0 bridgehead atoms. The molecule has 1 aromatic rings. The van der Waals surface area contributed by atoms with E-state index in [1.807, 2.05) is 26.0 Å². The Hall–Kier alpha value is -0.590. The fourth-order valence-corrected chi connectivity index (χ4v) is 2.65. The van der Waals surface area contributed by atoms with Crippen LogP contribution in [0.5, 0.6) is 0 Å². The van der Waals surface area contributed by atoms with Gasteiger partial charge in [0.1, 0.15) is 5.54 Å². The van der Waals surface area contributed by atoms with E-state index in [1.165, 1.54) is 18.9 Å². The molecule has 0 saturated carbocycles. The van der Waals surface area contributed by atoms with E-state index in [0.717, 1.165) is 9.50 Å². The summed E-state index contributed by atoms with van der Waals surface area (Å²) in [5.41, 5.74) is -0.692. The molecule has 0 amide bonds. The highest BCUT2D eigenvalue weighted by atomic mass is 79.9. The first-order valence-corrected chi connectivity index (χ1v) is 7.37. The van der Waals surface area contributed by atoms with E-state index in [4.69, 9.17) is 4.74 Å². The summed E-state index contributed by atoms with van der Waals surface area (Å²) in [4.78, 5) is 16.0. The van der Waals surface area contributed by atoms with Gasteiger partial charge in [0.15, 0.2) is 0 Å². The third-order valence-electron chi connectivity index (χ3n) is 2.41. The average Bonchev–Trinajstić information content (AvgIpc) is 2.37. The van der Waals surface area contributed by atoms with Crippen LogP contribution >= 0.6 is 27.7 Å². The smallest absolute Gasteiger partial charge is 0.326 e. The van der Waals surface area contributed by atoms with Crippen LogP contribution in [-0.2, 0) is 9.53 Å². The van der Waals surface area contributed by atoms with Gasteiger partial charge in [-0.05, 0) is 41.5 Å². The van der Waals surface area contributed by atoms with Crippen LogP contribution in [0.25, 0.3) is 0 Å². The summed E-state index contributed by atoms with van der Waals surface area (Å²) in [5, 5.41) is 4.04. The number of likely N-dealkylation sites (N-methyl/N-ethyl adjacent to an activating group) is 1. The monoisotopic (exact) mass is 332 g/mol. The molecule has 0 aromatic carbocycles. The topological polar surface area (TPSA) is 51.2 Å². The van der Waals surface area contributed by atoms with Gasteiger partial charge in [-0.15, -0.1) is 11.8 Å². The van der Waals surface area contributed by atoms with Crippen molar-refractivity contribution in [1.82, 2.24) is 10.3 Å². The second-order valence-corrected chi connectivity index (χ2v) is 5.87. The van der Waals surface area contributed by atoms with Crippen molar-refractivity contribution in [3.05, 3.63) is 22.8 Å². The van der Waals surface area contributed by atoms with E-state index in [9.17, 15) is 4.79 Å². The number of ether oxygens (including phenoxy) is 1. The largest absolute Gasteiger partial charge is 0.468 e. The molecule has 1 unspecified atom stereocenters. The van der Waals surface area contributed by atoms with Crippen molar-refractivity contribution >= 4 is 33.7 Å². The summed E-state index contributed by atoms with van der Waals surface area (Å²) >= 11 is 4.86. The lowest BCUT2D eigenvalue weighted by Gasteiger charge is -2.26. The zero-order chi connectivity index (χ0) is 13.6. The number of thioether (sulfide) groups is 1. The Kier molecular flexibility index (Phi) is 6.11. The van der Waals surface area contributed by atoms with Gasteiger partial charge in [0.05, 0.1) is 12.1 Å². The third kappa shape index (κ3) is 4.26. The molecule has 0 aliphatic heterocycles. The van der Waals surface area contributed by atoms with Crippen LogP contribution < -0.4 is 5.32 Å². The van der Waals surface area contributed by atoms with Gasteiger partial charge in [-0.25, -0.2) is 4.98 Å². The molecular weight excluding hydrogens is 316 g/mol. The van der Waals surface area contributed by atoms with Crippen molar-refractivity contribution in [2.24, 2.45) is 0 Å². The van der Waals surface area contributed by atoms with Crippen LogP contribution in [-0.4, -0.2) is 35.9 Å². The number of carbonyl (C=O) groups is 1. The number of hydrogen-bond donors (Lipinski definition) is 1. The van der Waals surface area contributed by atoms with Crippen molar-refractivity contribution in [3.8, 4) is 0 Å². The fraction of sp³-hybridized carbons (Fsp3) is 0.500. The Morgan fingerprint density at radius 2 is 2.33 bits per heavy atom. The summed E-state index contributed by atoms with van der Waals surface area (Å²) < 4.78 is 5.77. The van der Waals surface area contributed by atoms with Crippen LogP contribution in [0.1, 0.15) is 13.8 Å². The predicted molar refractivity (Wildman–Crippen MR) is 76.8 cm³/mol. The van der Waals surface area contributed by atoms with Crippen molar-refractivity contribution in [1.29, 1.82) is 0 Å². The molecule has 1 aromatic heterocycles. The van der Waals surface area contributed by atoms with E-state index in [2.05, 4.69) is 26.2 Å². The van der Waals surface area contributed by atoms with Crippen molar-refractivity contribution in [3.63, 3.8) is 0 Å². The number of nitrogens with zero attached hydrogens (tertiary/aromatic N) is 1. The average molecular weight is 333 g/mol. The second kappa shape index (κ2) is 7.11. The molecule has 6 heteroatoms. The molecule has 1 atom stereocenters. The predicted octanol–water partition coefficient (Wildman–Crippen LogP) is 2.48. The van der Waals surface area contributed by atoms with Crippen molar-refractivity contribution in [2.75, 3.05) is 19.4 Å². The third-order valence-corrected chi connectivity index (χ3v) is 4.14. The summed E-state index contributed by atoms with van der Waals surface area (Å²) in [7, 11) is 1.40. The van der Waals surface area contributed by atoms with E-state index < -0.39 is 5.54 Å². The number of pyridine rings is 1. The molecule has 4 nitrogen and oxygen atoms in total. The summed E-state index contributed by atoms with van der Waals surface area (Å²) in [6, 6.07) is 3.84. The number of nitrogens with one attached hydrogen (secondary N) is 1. The van der Waals surface area contributed by atoms with Crippen LogP contribution in [0.2, 0.25) is 0 Å². The first kappa shape index (κ1) is 15.5. The zero-order valence-electron chi connectivity index (χ0n) is 10.7. The fourth-order valence-electron chi connectivity index (χ4n) is 1.46. The van der Waals surface area contributed by atoms with Crippen LogP contribution in [0, 0.1) is 0 Å². The summed E-state index contributed by atoms with van der Waals surface area (Å²) in [6.07, 6.45) is 1.74. The molecule has 100 valence electrons. The number of rotatable bonds is 6. The quantitative estimate of drug-likeness (QED) is 0.640. The number of aromatic nitrogens is 1. The van der Waals surface area contributed by atoms with E-state index in [-0.39, 0.29) is 5.97 Å². The summed E-state index contributed by atoms with van der Waals surface area (Å²) in [5.74, 6) is 0.316. The molecule has 18 heavy (non-hydrogen) atoms. The van der Waals surface area contributed by atoms with Gasteiger partial charge in [0.25, 0.3) is 0 Å². The maximum absolute atomic E-state index is 11.8. The Morgan fingerprint density at radius 3 is 2.83 bits per heavy atom. The van der Waals surface area contributed by atoms with Crippen LogP contribution in [0.15, 0.2) is 27.8 Å². The maximum atomic E-state index is 11.8. The molecule has 1 heterocycles. The number of halogens is 1. The number of methoxy groups -OCH3 is 1. The number of esters is 1. The Bertz CT molecular complexity index is 400. The van der Waals surface area contributed by atoms with Crippen LogP contribution in [0.3, 0.4) is 0 Å².